The molecule has 2 aromatic rings. The van der Waals surface area contributed by atoms with Gasteiger partial charge >= 0.3 is 0 Å². The topological polar surface area (TPSA) is 17.1 Å². The number of Topliss-reactive ketones (excluding diaryl/α,β-unsaturated/α-hetero) is 1. The number of ketones is 1. The van der Waals surface area contributed by atoms with Gasteiger partial charge in [-0.15, -0.1) is 11.3 Å². The number of benzene rings is 1. The van der Waals surface area contributed by atoms with Crippen LogP contribution in [-0.2, 0) is 6.42 Å². The number of carbonyl (C=O) groups excluding carboxylic acids is 1. The largest absolute Gasteiger partial charge is 0.294 e. The molecule has 0 spiro atoms. The zero-order valence-electron chi connectivity index (χ0n) is 8.54. The maximum Gasteiger partial charge on any atom is 0.168 e. The molecule has 0 aliphatic carbocycles. The van der Waals surface area contributed by atoms with E-state index >= 15 is 0 Å². The fraction of sp³-hybridized carbons (Fsp3) is 0.0833. The molecule has 88 valence electrons. The Morgan fingerprint density at radius 3 is 2.59 bits per heavy atom. The molecule has 0 radical (unpaired) electrons. The van der Waals surface area contributed by atoms with E-state index in [1.807, 2.05) is 11.4 Å². The smallest absolute Gasteiger partial charge is 0.168 e. The summed E-state index contributed by atoms with van der Waals surface area (Å²) >= 11 is 7.94. The normalized spacial score (nSPS) is 10.5. The van der Waals surface area contributed by atoms with Crippen molar-refractivity contribution in [2.45, 2.75) is 6.42 Å². The molecule has 0 amide bonds. The summed E-state index contributed by atoms with van der Waals surface area (Å²) < 4.78 is 14.6. The zero-order chi connectivity index (χ0) is 12.4. The van der Waals surface area contributed by atoms with Crippen molar-refractivity contribution in [1.82, 2.24) is 0 Å². The summed E-state index contributed by atoms with van der Waals surface area (Å²) in [5.41, 5.74) is 0.394. The Morgan fingerprint density at radius 1 is 1.24 bits per heavy atom. The molecule has 2 rings (SSSR count). The maximum absolute atomic E-state index is 13.3. The molecule has 0 aliphatic rings. The molecule has 5 heteroatoms. The standard InChI is InChI=1S/C12H7Br2FOS/c13-8-2-1-7(5-10(8)15)11(16)6-12-9(14)3-4-17-12/h1-5H,6H2. The van der Waals surface area contributed by atoms with Gasteiger partial charge in [0.25, 0.3) is 0 Å². The average Bonchev–Trinajstić information content (AvgIpc) is 2.68. The van der Waals surface area contributed by atoms with Gasteiger partial charge in [-0.2, -0.15) is 0 Å². The van der Waals surface area contributed by atoms with Gasteiger partial charge in [0.2, 0.25) is 0 Å². The van der Waals surface area contributed by atoms with Gasteiger partial charge in [0.05, 0.1) is 4.47 Å². The zero-order valence-corrected chi connectivity index (χ0v) is 12.5. The quantitative estimate of drug-likeness (QED) is 0.699. The van der Waals surface area contributed by atoms with Crippen LogP contribution >= 0.6 is 43.2 Å². The SMILES string of the molecule is O=C(Cc1sccc1Br)c1ccc(Br)c(F)c1. The summed E-state index contributed by atoms with van der Waals surface area (Å²) in [6.45, 7) is 0. The van der Waals surface area contributed by atoms with Crippen LogP contribution in [0.25, 0.3) is 0 Å². The predicted molar refractivity (Wildman–Crippen MR) is 74.2 cm³/mol. The number of hydrogen-bond acceptors (Lipinski definition) is 2. The van der Waals surface area contributed by atoms with Crippen LogP contribution in [0.1, 0.15) is 15.2 Å². The Labute approximate surface area is 119 Å². The molecule has 0 N–H and O–H groups in total. The third-order valence-corrected chi connectivity index (χ3v) is 4.82. The second-order valence-corrected chi connectivity index (χ2v) is 6.13. The number of carbonyl (C=O) groups is 1. The van der Waals surface area contributed by atoms with Gasteiger partial charge in [0.1, 0.15) is 5.82 Å². The molecule has 0 unspecified atom stereocenters. The van der Waals surface area contributed by atoms with Crippen LogP contribution in [0.4, 0.5) is 4.39 Å². The molecule has 0 fully saturated rings. The Bertz CT molecular complexity index is 565. The Hall–Kier alpha value is -0.520. The van der Waals surface area contributed by atoms with Gasteiger partial charge in [-0.05, 0) is 55.4 Å². The number of rotatable bonds is 3. The average molecular weight is 378 g/mol. The van der Waals surface area contributed by atoms with Crippen LogP contribution in [0.15, 0.2) is 38.6 Å². The lowest BCUT2D eigenvalue weighted by molar-refractivity contribution is 0.0993. The van der Waals surface area contributed by atoms with Gasteiger partial charge in [-0.25, -0.2) is 4.39 Å². The number of hydrogen-bond donors (Lipinski definition) is 0. The molecule has 1 aromatic carbocycles. The third-order valence-electron chi connectivity index (χ3n) is 2.25. The number of thiophene rings is 1. The van der Waals surface area contributed by atoms with E-state index in [2.05, 4.69) is 31.9 Å². The van der Waals surface area contributed by atoms with E-state index in [-0.39, 0.29) is 5.78 Å². The third kappa shape index (κ3) is 3.03. The monoisotopic (exact) mass is 376 g/mol. The van der Waals surface area contributed by atoms with Crippen LogP contribution in [0.2, 0.25) is 0 Å². The van der Waals surface area contributed by atoms with Crippen molar-refractivity contribution in [2.75, 3.05) is 0 Å². The molecule has 0 atom stereocenters. The van der Waals surface area contributed by atoms with E-state index in [1.54, 1.807) is 12.1 Å². The Morgan fingerprint density at radius 2 is 2.00 bits per heavy atom. The van der Waals surface area contributed by atoms with Crippen LogP contribution < -0.4 is 0 Å². The van der Waals surface area contributed by atoms with Crippen molar-refractivity contribution in [2.24, 2.45) is 0 Å². The highest BCUT2D eigenvalue weighted by Crippen LogP contribution is 2.25. The highest BCUT2D eigenvalue weighted by atomic mass is 79.9. The molecule has 17 heavy (non-hydrogen) atoms. The van der Waals surface area contributed by atoms with E-state index in [0.29, 0.717) is 16.5 Å². The lowest BCUT2D eigenvalue weighted by Crippen LogP contribution is -2.03. The molecular formula is C12H7Br2FOS. The molecule has 1 aromatic heterocycles. The van der Waals surface area contributed by atoms with Crippen LogP contribution in [0, 0.1) is 5.82 Å². The summed E-state index contributed by atoms with van der Waals surface area (Å²) in [5, 5.41) is 1.91. The van der Waals surface area contributed by atoms with Crippen molar-refractivity contribution >= 4 is 49.0 Å². The Balaban J connectivity index is 2.20. The second-order valence-electron chi connectivity index (χ2n) is 3.42. The van der Waals surface area contributed by atoms with Crippen LogP contribution in [0.3, 0.4) is 0 Å². The fourth-order valence-corrected chi connectivity index (χ4v) is 3.11. The second kappa shape index (κ2) is 5.42. The van der Waals surface area contributed by atoms with Gasteiger partial charge in [-0.3, -0.25) is 4.79 Å². The van der Waals surface area contributed by atoms with Gasteiger partial charge in [-0.1, -0.05) is 6.07 Å². The first-order valence-electron chi connectivity index (χ1n) is 4.78. The van der Waals surface area contributed by atoms with Crippen molar-refractivity contribution in [1.29, 1.82) is 0 Å². The lowest BCUT2D eigenvalue weighted by atomic mass is 10.1. The van der Waals surface area contributed by atoms with E-state index in [0.717, 1.165) is 9.35 Å². The fourth-order valence-electron chi connectivity index (χ4n) is 1.37. The lowest BCUT2D eigenvalue weighted by Gasteiger charge is -2.01. The molecule has 1 heterocycles. The molecule has 0 saturated heterocycles. The molecule has 1 nitrogen and oxygen atoms in total. The predicted octanol–water partition coefficient (Wildman–Crippen LogP) is 4.84. The van der Waals surface area contributed by atoms with Crippen molar-refractivity contribution in [3.63, 3.8) is 0 Å². The first-order valence-corrected chi connectivity index (χ1v) is 7.24. The van der Waals surface area contributed by atoms with Crippen molar-refractivity contribution in [3.8, 4) is 0 Å². The summed E-state index contributed by atoms with van der Waals surface area (Å²) in [4.78, 5) is 12.9. The summed E-state index contributed by atoms with van der Waals surface area (Å²) in [6, 6.07) is 6.33. The van der Waals surface area contributed by atoms with Crippen molar-refractivity contribution in [3.05, 3.63) is 54.8 Å². The van der Waals surface area contributed by atoms with Gasteiger partial charge in [0, 0.05) is 21.3 Å². The van der Waals surface area contributed by atoms with Crippen molar-refractivity contribution < 1.29 is 9.18 Å². The maximum atomic E-state index is 13.3. The minimum Gasteiger partial charge on any atom is -0.294 e. The van der Waals surface area contributed by atoms with E-state index in [9.17, 15) is 9.18 Å². The van der Waals surface area contributed by atoms with E-state index in [1.165, 1.54) is 17.4 Å². The minimum absolute atomic E-state index is 0.0837. The highest BCUT2D eigenvalue weighted by molar-refractivity contribution is 9.10. The molecule has 0 bridgehead atoms. The molecular weight excluding hydrogens is 371 g/mol. The minimum atomic E-state index is -0.416. The Kier molecular flexibility index (Phi) is 4.12. The van der Waals surface area contributed by atoms with Gasteiger partial charge in [0.15, 0.2) is 5.78 Å². The summed E-state index contributed by atoms with van der Waals surface area (Å²) in [7, 11) is 0. The highest BCUT2D eigenvalue weighted by Gasteiger charge is 2.12. The van der Waals surface area contributed by atoms with E-state index < -0.39 is 5.82 Å². The summed E-state index contributed by atoms with van der Waals surface area (Å²) in [5.74, 6) is -0.499. The summed E-state index contributed by atoms with van der Waals surface area (Å²) in [6.07, 6.45) is 0.291. The van der Waals surface area contributed by atoms with E-state index in [4.69, 9.17) is 0 Å². The first-order chi connectivity index (χ1) is 8.08. The van der Waals surface area contributed by atoms with Crippen LogP contribution in [-0.4, -0.2) is 5.78 Å². The van der Waals surface area contributed by atoms with Gasteiger partial charge < -0.3 is 0 Å². The van der Waals surface area contributed by atoms with Crippen LogP contribution in [0.5, 0.6) is 0 Å². The molecule has 0 saturated carbocycles. The molecule has 0 aliphatic heterocycles. The first kappa shape index (κ1) is 12.9. The number of halogens is 3.